The van der Waals surface area contributed by atoms with Crippen molar-refractivity contribution in [1.82, 2.24) is 0 Å². The quantitative estimate of drug-likeness (QED) is 0.552. The molecule has 1 rings (SSSR count). The fraction of sp³-hybridized carbons (Fsp3) is 0.778. The SMILES string of the molecule is C=CC1CCC(C)CC1N. The lowest BCUT2D eigenvalue weighted by Gasteiger charge is -2.30. The lowest BCUT2D eigenvalue weighted by molar-refractivity contribution is 0.289. The zero-order valence-electron chi connectivity index (χ0n) is 6.72. The monoisotopic (exact) mass is 139 g/mol. The molecular formula is C9H17N. The highest BCUT2D eigenvalue weighted by atomic mass is 14.7. The second-order valence-corrected chi connectivity index (χ2v) is 3.48. The zero-order chi connectivity index (χ0) is 7.56. The highest BCUT2D eigenvalue weighted by Gasteiger charge is 2.22. The molecule has 1 aliphatic carbocycles. The molecule has 0 aromatic heterocycles. The first kappa shape index (κ1) is 7.80. The molecule has 0 spiro atoms. The van der Waals surface area contributed by atoms with Gasteiger partial charge in [0.15, 0.2) is 0 Å². The first-order valence-corrected chi connectivity index (χ1v) is 4.12. The van der Waals surface area contributed by atoms with E-state index >= 15 is 0 Å². The van der Waals surface area contributed by atoms with Gasteiger partial charge in [0.2, 0.25) is 0 Å². The van der Waals surface area contributed by atoms with Crippen molar-refractivity contribution in [2.24, 2.45) is 17.6 Å². The van der Waals surface area contributed by atoms with Gasteiger partial charge >= 0.3 is 0 Å². The van der Waals surface area contributed by atoms with Crippen molar-refractivity contribution in [2.45, 2.75) is 32.2 Å². The first-order valence-electron chi connectivity index (χ1n) is 4.12. The van der Waals surface area contributed by atoms with Crippen LogP contribution in [0, 0.1) is 11.8 Å². The van der Waals surface area contributed by atoms with Gasteiger partial charge in [0, 0.05) is 6.04 Å². The van der Waals surface area contributed by atoms with E-state index in [-0.39, 0.29) is 0 Å². The third-order valence-electron chi connectivity index (χ3n) is 2.52. The molecule has 1 heteroatoms. The largest absolute Gasteiger partial charge is 0.327 e. The van der Waals surface area contributed by atoms with Crippen molar-refractivity contribution in [3.8, 4) is 0 Å². The molecule has 0 heterocycles. The fourth-order valence-electron chi connectivity index (χ4n) is 1.74. The van der Waals surface area contributed by atoms with Crippen LogP contribution in [0.1, 0.15) is 26.2 Å². The fourth-order valence-corrected chi connectivity index (χ4v) is 1.74. The van der Waals surface area contributed by atoms with Gasteiger partial charge in [-0.2, -0.15) is 0 Å². The van der Waals surface area contributed by atoms with Crippen molar-refractivity contribution >= 4 is 0 Å². The van der Waals surface area contributed by atoms with Gasteiger partial charge in [-0.05, 0) is 24.7 Å². The van der Waals surface area contributed by atoms with Gasteiger partial charge in [-0.15, -0.1) is 6.58 Å². The van der Waals surface area contributed by atoms with Gasteiger partial charge in [0.05, 0.1) is 0 Å². The van der Waals surface area contributed by atoms with E-state index in [0.717, 1.165) is 5.92 Å². The molecule has 3 unspecified atom stereocenters. The maximum absolute atomic E-state index is 5.91. The summed E-state index contributed by atoms with van der Waals surface area (Å²) in [6.45, 7) is 6.06. The molecule has 0 aliphatic heterocycles. The molecule has 2 N–H and O–H groups in total. The number of rotatable bonds is 1. The van der Waals surface area contributed by atoms with Gasteiger partial charge in [-0.1, -0.05) is 19.4 Å². The molecule has 1 fully saturated rings. The molecule has 3 atom stereocenters. The first-order chi connectivity index (χ1) is 4.74. The van der Waals surface area contributed by atoms with E-state index in [9.17, 15) is 0 Å². The van der Waals surface area contributed by atoms with E-state index < -0.39 is 0 Å². The van der Waals surface area contributed by atoms with E-state index in [1.54, 1.807) is 0 Å². The van der Waals surface area contributed by atoms with Crippen molar-refractivity contribution in [3.63, 3.8) is 0 Å². The third kappa shape index (κ3) is 1.60. The minimum absolute atomic E-state index is 0.376. The van der Waals surface area contributed by atoms with Crippen LogP contribution in [0.3, 0.4) is 0 Å². The van der Waals surface area contributed by atoms with E-state index in [2.05, 4.69) is 13.5 Å². The molecule has 0 saturated heterocycles. The van der Waals surface area contributed by atoms with Gasteiger partial charge in [0.25, 0.3) is 0 Å². The molecule has 1 nitrogen and oxygen atoms in total. The van der Waals surface area contributed by atoms with Crippen LogP contribution in [0.4, 0.5) is 0 Å². The topological polar surface area (TPSA) is 26.0 Å². The van der Waals surface area contributed by atoms with Gasteiger partial charge < -0.3 is 5.73 Å². The van der Waals surface area contributed by atoms with E-state index in [0.29, 0.717) is 12.0 Å². The summed E-state index contributed by atoms with van der Waals surface area (Å²) in [4.78, 5) is 0. The van der Waals surface area contributed by atoms with Gasteiger partial charge in [-0.3, -0.25) is 0 Å². The summed E-state index contributed by atoms with van der Waals surface area (Å²) in [5, 5.41) is 0. The Labute approximate surface area is 63.3 Å². The summed E-state index contributed by atoms with van der Waals surface area (Å²) >= 11 is 0. The van der Waals surface area contributed by atoms with Crippen molar-refractivity contribution < 1.29 is 0 Å². The molecule has 0 amide bonds. The lowest BCUT2D eigenvalue weighted by Crippen LogP contribution is -2.34. The van der Waals surface area contributed by atoms with E-state index in [4.69, 9.17) is 5.73 Å². The van der Waals surface area contributed by atoms with Crippen LogP contribution in [-0.4, -0.2) is 6.04 Å². The van der Waals surface area contributed by atoms with Crippen molar-refractivity contribution in [1.29, 1.82) is 0 Å². The summed E-state index contributed by atoms with van der Waals surface area (Å²) in [6.07, 6.45) is 5.75. The second kappa shape index (κ2) is 3.20. The Kier molecular flexibility index (Phi) is 2.50. The molecule has 1 saturated carbocycles. The normalized spacial score (nSPS) is 41.2. The summed E-state index contributed by atoms with van der Waals surface area (Å²) in [5.41, 5.74) is 5.91. The molecule has 58 valence electrons. The smallest absolute Gasteiger partial charge is 0.0104 e. The summed E-state index contributed by atoms with van der Waals surface area (Å²) in [7, 11) is 0. The Bertz CT molecular complexity index is 120. The predicted octanol–water partition coefficient (Wildman–Crippen LogP) is 1.94. The van der Waals surface area contributed by atoms with Crippen LogP contribution in [0.15, 0.2) is 12.7 Å². The Balaban J connectivity index is 2.43. The van der Waals surface area contributed by atoms with Crippen LogP contribution < -0.4 is 5.73 Å². The highest BCUT2D eigenvalue weighted by Crippen LogP contribution is 2.27. The van der Waals surface area contributed by atoms with Crippen LogP contribution in [0.25, 0.3) is 0 Å². The van der Waals surface area contributed by atoms with Gasteiger partial charge in [0.1, 0.15) is 0 Å². The Hall–Kier alpha value is -0.300. The molecule has 0 bridgehead atoms. The minimum Gasteiger partial charge on any atom is -0.327 e. The zero-order valence-corrected chi connectivity index (χ0v) is 6.72. The van der Waals surface area contributed by atoms with Crippen LogP contribution in [-0.2, 0) is 0 Å². The van der Waals surface area contributed by atoms with Crippen LogP contribution >= 0.6 is 0 Å². The van der Waals surface area contributed by atoms with Crippen LogP contribution in [0.2, 0.25) is 0 Å². The van der Waals surface area contributed by atoms with E-state index in [1.165, 1.54) is 19.3 Å². The Morgan fingerprint density at radius 2 is 2.20 bits per heavy atom. The molecule has 1 aliphatic rings. The summed E-state index contributed by atoms with van der Waals surface area (Å²) in [6, 6.07) is 0.376. The number of hydrogen-bond acceptors (Lipinski definition) is 1. The highest BCUT2D eigenvalue weighted by molar-refractivity contribution is 4.91. The van der Waals surface area contributed by atoms with Crippen molar-refractivity contribution in [3.05, 3.63) is 12.7 Å². The Morgan fingerprint density at radius 1 is 1.50 bits per heavy atom. The minimum atomic E-state index is 0.376. The molecular weight excluding hydrogens is 122 g/mol. The Morgan fingerprint density at radius 3 is 2.70 bits per heavy atom. The molecule has 0 aromatic rings. The lowest BCUT2D eigenvalue weighted by atomic mass is 9.80. The van der Waals surface area contributed by atoms with Gasteiger partial charge in [-0.25, -0.2) is 0 Å². The molecule has 0 radical (unpaired) electrons. The van der Waals surface area contributed by atoms with Crippen LogP contribution in [0.5, 0.6) is 0 Å². The average molecular weight is 139 g/mol. The van der Waals surface area contributed by atoms with Crippen molar-refractivity contribution in [2.75, 3.05) is 0 Å². The standard InChI is InChI=1S/C9H17N/c1-3-8-5-4-7(2)6-9(8)10/h3,7-9H,1,4-6,10H2,2H3. The maximum atomic E-state index is 5.91. The summed E-state index contributed by atoms with van der Waals surface area (Å²) < 4.78 is 0. The third-order valence-corrected chi connectivity index (χ3v) is 2.52. The predicted molar refractivity (Wildman–Crippen MR) is 44.7 cm³/mol. The molecule has 10 heavy (non-hydrogen) atoms. The summed E-state index contributed by atoms with van der Waals surface area (Å²) in [5.74, 6) is 1.40. The molecule has 0 aromatic carbocycles. The second-order valence-electron chi connectivity index (χ2n) is 3.48. The van der Waals surface area contributed by atoms with E-state index in [1.807, 2.05) is 6.08 Å². The average Bonchev–Trinajstić information content (AvgIpc) is 1.88. The number of hydrogen-bond donors (Lipinski definition) is 1. The maximum Gasteiger partial charge on any atom is 0.0104 e. The number of nitrogens with two attached hydrogens (primary N) is 1.